The Morgan fingerprint density at radius 1 is 0.949 bits per heavy atom. The Bertz CT molecular complexity index is 1540. The summed E-state index contributed by atoms with van der Waals surface area (Å²) in [5.41, 5.74) is 3.63. The number of nitrogens with zero attached hydrogens (tertiary/aromatic N) is 1. The van der Waals surface area contributed by atoms with Gasteiger partial charge in [-0.1, -0.05) is 42.5 Å². The Labute approximate surface area is 226 Å². The highest BCUT2D eigenvalue weighted by Crippen LogP contribution is 2.42. The van der Waals surface area contributed by atoms with E-state index in [1.54, 1.807) is 37.4 Å². The number of hydrogen-bond donors (Lipinski definition) is 1. The lowest BCUT2D eigenvalue weighted by Crippen LogP contribution is -2.29. The number of aryl methyl sites for hydroxylation is 2. The maximum atomic E-state index is 13.5. The topological polar surface area (TPSA) is 89.2 Å². The van der Waals surface area contributed by atoms with Crippen molar-refractivity contribution in [3.05, 3.63) is 124 Å². The number of benzene rings is 3. The molecule has 1 saturated heterocycles. The van der Waals surface area contributed by atoms with Crippen molar-refractivity contribution in [2.45, 2.75) is 33.0 Å². The molecule has 1 aliphatic rings. The van der Waals surface area contributed by atoms with Gasteiger partial charge in [-0.3, -0.25) is 9.59 Å². The van der Waals surface area contributed by atoms with Gasteiger partial charge in [0, 0.05) is 5.56 Å². The normalized spacial score (nSPS) is 16.5. The monoisotopic (exact) mass is 523 g/mol. The minimum atomic E-state index is -0.850. The van der Waals surface area contributed by atoms with E-state index in [0.29, 0.717) is 40.6 Å². The van der Waals surface area contributed by atoms with Crippen LogP contribution < -0.4 is 9.47 Å². The lowest BCUT2D eigenvalue weighted by molar-refractivity contribution is -0.140. The number of rotatable bonds is 8. The first-order chi connectivity index (χ1) is 18.9. The van der Waals surface area contributed by atoms with Crippen molar-refractivity contribution >= 4 is 17.4 Å². The van der Waals surface area contributed by atoms with Crippen molar-refractivity contribution in [2.24, 2.45) is 0 Å². The van der Waals surface area contributed by atoms with Gasteiger partial charge in [-0.25, -0.2) is 0 Å². The molecule has 0 spiro atoms. The van der Waals surface area contributed by atoms with E-state index in [1.165, 1.54) is 11.2 Å². The van der Waals surface area contributed by atoms with Gasteiger partial charge in [-0.15, -0.1) is 0 Å². The summed E-state index contributed by atoms with van der Waals surface area (Å²) in [6.45, 7) is 4.11. The van der Waals surface area contributed by atoms with E-state index in [4.69, 9.17) is 13.9 Å². The highest BCUT2D eigenvalue weighted by atomic mass is 16.5. The Hall–Kier alpha value is -4.78. The van der Waals surface area contributed by atoms with Crippen LogP contribution in [-0.4, -0.2) is 28.8 Å². The minimum absolute atomic E-state index is 0.0134. The maximum Gasteiger partial charge on any atom is 0.296 e. The van der Waals surface area contributed by atoms with Gasteiger partial charge < -0.3 is 23.9 Å². The van der Waals surface area contributed by atoms with Gasteiger partial charge >= 0.3 is 0 Å². The van der Waals surface area contributed by atoms with E-state index in [0.717, 1.165) is 11.1 Å². The van der Waals surface area contributed by atoms with Crippen LogP contribution in [0.5, 0.6) is 11.5 Å². The van der Waals surface area contributed by atoms with Crippen molar-refractivity contribution in [3.63, 3.8) is 0 Å². The number of carbonyl (C=O) groups excluding carboxylic acids is 2. The Balaban J connectivity index is 1.59. The maximum absolute atomic E-state index is 13.5. The number of carbonyl (C=O) groups is 2. The summed E-state index contributed by atoms with van der Waals surface area (Å²) in [4.78, 5) is 28.2. The zero-order valence-electron chi connectivity index (χ0n) is 22.0. The van der Waals surface area contributed by atoms with Crippen LogP contribution in [0.4, 0.5) is 0 Å². The van der Waals surface area contributed by atoms with Gasteiger partial charge in [0.15, 0.2) is 0 Å². The molecule has 5 rings (SSSR count). The van der Waals surface area contributed by atoms with E-state index in [1.807, 2.05) is 62.4 Å². The lowest BCUT2D eigenvalue weighted by Gasteiger charge is -2.25. The summed E-state index contributed by atoms with van der Waals surface area (Å²) in [6.07, 6.45) is 1.52. The Kier molecular flexibility index (Phi) is 7.23. The molecule has 2 heterocycles. The molecule has 7 nitrogen and oxygen atoms in total. The number of likely N-dealkylation sites (tertiary alicyclic amines) is 1. The number of methoxy groups -OCH3 is 1. The predicted molar refractivity (Wildman–Crippen MR) is 146 cm³/mol. The van der Waals surface area contributed by atoms with Gasteiger partial charge in [-0.05, 0) is 72.5 Å². The van der Waals surface area contributed by atoms with Crippen LogP contribution in [0.2, 0.25) is 0 Å². The molecular weight excluding hydrogens is 494 g/mol. The van der Waals surface area contributed by atoms with E-state index in [2.05, 4.69) is 0 Å². The molecule has 3 aromatic carbocycles. The number of aliphatic hydroxyl groups is 1. The van der Waals surface area contributed by atoms with Gasteiger partial charge in [0.05, 0.1) is 31.5 Å². The molecule has 0 bridgehead atoms. The molecule has 0 aliphatic carbocycles. The first-order valence-corrected chi connectivity index (χ1v) is 12.6. The molecule has 1 fully saturated rings. The van der Waals surface area contributed by atoms with Gasteiger partial charge in [-0.2, -0.15) is 0 Å². The first-order valence-electron chi connectivity index (χ1n) is 12.6. The van der Waals surface area contributed by atoms with Crippen LogP contribution in [0.25, 0.3) is 5.76 Å². The largest absolute Gasteiger partial charge is 0.507 e. The second kappa shape index (κ2) is 10.9. The molecule has 1 unspecified atom stereocenters. The molecule has 0 radical (unpaired) electrons. The highest BCUT2D eigenvalue weighted by molar-refractivity contribution is 6.46. The number of furan rings is 1. The molecule has 0 saturated carbocycles. The fourth-order valence-corrected chi connectivity index (χ4v) is 4.89. The quantitative estimate of drug-likeness (QED) is 0.170. The van der Waals surface area contributed by atoms with Crippen LogP contribution in [0.15, 0.2) is 95.1 Å². The molecule has 39 heavy (non-hydrogen) atoms. The summed E-state index contributed by atoms with van der Waals surface area (Å²) in [5.74, 6) is 0.0662. The summed E-state index contributed by atoms with van der Waals surface area (Å²) >= 11 is 0. The van der Waals surface area contributed by atoms with Crippen molar-refractivity contribution in [1.82, 2.24) is 4.90 Å². The number of ketones is 1. The van der Waals surface area contributed by atoms with Crippen LogP contribution in [0.3, 0.4) is 0 Å². The van der Waals surface area contributed by atoms with E-state index in [9.17, 15) is 14.7 Å². The van der Waals surface area contributed by atoms with Crippen molar-refractivity contribution < 1.29 is 28.6 Å². The highest BCUT2D eigenvalue weighted by Gasteiger charge is 2.46. The standard InChI is InChI=1S/C32H29NO6/c1-20-16-27(37-3)21(2)15-26(20)30(34)28-29(33(32(36)31(28)35)18-25-13-8-14-38-25)23-11-7-12-24(17-23)39-19-22-9-5-4-6-10-22/h4-17,29,34H,18-19H2,1-3H3/b30-28+. The average Bonchev–Trinajstić information content (AvgIpc) is 3.55. The Morgan fingerprint density at radius 2 is 1.74 bits per heavy atom. The van der Waals surface area contributed by atoms with Gasteiger partial charge in [0.2, 0.25) is 0 Å². The second-order valence-electron chi connectivity index (χ2n) is 9.49. The van der Waals surface area contributed by atoms with Crippen LogP contribution in [-0.2, 0) is 22.7 Å². The number of Topliss-reactive ketones (excluding diaryl/α,β-unsaturated/α-hetero) is 1. The summed E-state index contributed by atoms with van der Waals surface area (Å²) in [6, 6.07) is 23.2. The summed E-state index contributed by atoms with van der Waals surface area (Å²) in [5, 5.41) is 11.6. The first kappa shape index (κ1) is 25.9. The number of hydrogen-bond acceptors (Lipinski definition) is 6. The molecule has 1 aromatic heterocycles. The molecular formula is C32H29NO6. The predicted octanol–water partition coefficient (Wildman–Crippen LogP) is 6.11. The number of amides is 1. The molecule has 7 heteroatoms. The molecule has 1 aliphatic heterocycles. The minimum Gasteiger partial charge on any atom is -0.507 e. The zero-order chi connectivity index (χ0) is 27.5. The summed E-state index contributed by atoms with van der Waals surface area (Å²) < 4.78 is 16.9. The molecule has 1 atom stereocenters. The van der Waals surface area contributed by atoms with Crippen LogP contribution in [0, 0.1) is 13.8 Å². The van der Waals surface area contributed by atoms with E-state index >= 15 is 0 Å². The average molecular weight is 524 g/mol. The second-order valence-corrected chi connectivity index (χ2v) is 9.49. The molecule has 198 valence electrons. The van der Waals surface area contributed by atoms with E-state index < -0.39 is 17.7 Å². The third kappa shape index (κ3) is 5.16. The number of ether oxygens (including phenoxy) is 2. The van der Waals surface area contributed by atoms with Gasteiger partial charge in [0.1, 0.15) is 29.6 Å². The fourth-order valence-electron chi connectivity index (χ4n) is 4.89. The third-order valence-corrected chi connectivity index (χ3v) is 6.87. The van der Waals surface area contributed by atoms with Crippen molar-refractivity contribution in [1.29, 1.82) is 0 Å². The van der Waals surface area contributed by atoms with Crippen LogP contribution in [0.1, 0.15) is 39.6 Å². The lowest BCUT2D eigenvalue weighted by atomic mass is 9.93. The summed E-state index contributed by atoms with van der Waals surface area (Å²) in [7, 11) is 1.58. The molecule has 1 amide bonds. The Morgan fingerprint density at radius 3 is 2.46 bits per heavy atom. The molecule has 4 aromatic rings. The number of aliphatic hydroxyl groups excluding tert-OH is 1. The van der Waals surface area contributed by atoms with Crippen molar-refractivity contribution in [2.75, 3.05) is 7.11 Å². The smallest absolute Gasteiger partial charge is 0.296 e. The van der Waals surface area contributed by atoms with Gasteiger partial charge in [0.25, 0.3) is 11.7 Å². The third-order valence-electron chi connectivity index (χ3n) is 6.87. The SMILES string of the molecule is COc1cc(C)c(/C(O)=C2\C(=O)C(=O)N(Cc3ccco3)C2c2cccc(OCc3ccccc3)c2)cc1C. The molecule has 1 N–H and O–H groups in total. The fraction of sp³-hybridized carbons (Fsp3) is 0.188. The van der Waals surface area contributed by atoms with Crippen LogP contribution >= 0.6 is 0 Å². The van der Waals surface area contributed by atoms with E-state index in [-0.39, 0.29) is 17.9 Å². The van der Waals surface area contributed by atoms with Crippen molar-refractivity contribution in [3.8, 4) is 11.5 Å². The zero-order valence-corrected chi connectivity index (χ0v) is 22.0.